The minimum atomic E-state index is -0.219. The van der Waals surface area contributed by atoms with Crippen LogP contribution in [0.1, 0.15) is 30.4 Å². The van der Waals surface area contributed by atoms with E-state index in [1.54, 1.807) is 17.2 Å². The van der Waals surface area contributed by atoms with Gasteiger partial charge in [0.1, 0.15) is 15.8 Å². The summed E-state index contributed by atoms with van der Waals surface area (Å²) in [5, 5.41) is 3.37. The third-order valence-electron chi connectivity index (χ3n) is 6.69. The van der Waals surface area contributed by atoms with Gasteiger partial charge in [-0.15, -0.1) is 0 Å². The van der Waals surface area contributed by atoms with Gasteiger partial charge in [-0.05, 0) is 50.4 Å². The van der Waals surface area contributed by atoms with Gasteiger partial charge in [-0.2, -0.15) is 0 Å². The maximum absolute atomic E-state index is 13.5. The normalized spacial score (nSPS) is 22.3. The van der Waals surface area contributed by atoms with Crippen LogP contribution in [0, 0.1) is 6.92 Å². The molecule has 192 valence electrons. The van der Waals surface area contributed by atoms with Crippen LogP contribution in [0.25, 0.3) is 11.7 Å². The van der Waals surface area contributed by atoms with Crippen molar-refractivity contribution in [1.29, 1.82) is 0 Å². The Labute approximate surface area is 219 Å². The van der Waals surface area contributed by atoms with E-state index in [4.69, 9.17) is 26.7 Å². The van der Waals surface area contributed by atoms with E-state index in [0.717, 1.165) is 64.3 Å². The number of amides is 1. The number of aryl methyl sites for hydroxylation is 1. The SMILES string of the molecule is Cc1cccn2c(=O)c(C=C3SC(=S)N(CC4CCCO4)C3=O)c(NCCCN3CCOCC3)nc12. The lowest BCUT2D eigenvalue weighted by Crippen LogP contribution is -2.37. The van der Waals surface area contributed by atoms with E-state index in [2.05, 4.69) is 10.2 Å². The molecule has 1 amide bonds. The number of ether oxygens (including phenoxy) is 2. The first-order valence-electron chi connectivity index (χ1n) is 12.4. The molecule has 3 aliphatic heterocycles. The molecule has 3 aliphatic rings. The van der Waals surface area contributed by atoms with Crippen LogP contribution in [0.2, 0.25) is 0 Å². The average molecular weight is 530 g/mol. The van der Waals surface area contributed by atoms with E-state index >= 15 is 0 Å². The first kappa shape index (κ1) is 25.3. The number of carbonyl (C=O) groups excluding carboxylic acids is 1. The summed E-state index contributed by atoms with van der Waals surface area (Å²) >= 11 is 6.72. The molecule has 0 saturated carbocycles. The molecule has 9 nitrogen and oxygen atoms in total. The Hall–Kier alpha value is -2.31. The number of thioether (sulfide) groups is 1. The second kappa shape index (κ2) is 11.4. The van der Waals surface area contributed by atoms with Crippen molar-refractivity contribution in [3.8, 4) is 0 Å². The lowest BCUT2D eigenvalue weighted by molar-refractivity contribution is -0.123. The van der Waals surface area contributed by atoms with Gasteiger partial charge in [0, 0.05) is 32.4 Å². The van der Waals surface area contributed by atoms with Gasteiger partial charge in [0.05, 0.1) is 36.3 Å². The number of thiocarbonyl (C=S) groups is 1. The molecule has 3 saturated heterocycles. The van der Waals surface area contributed by atoms with Crippen molar-refractivity contribution in [2.24, 2.45) is 0 Å². The summed E-state index contributed by atoms with van der Waals surface area (Å²) in [4.78, 5) is 35.9. The second-order valence-corrected chi connectivity index (χ2v) is 10.9. The van der Waals surface area contributed by atoms with E-state index in [-0.39, 0.29) is 17.6 Å². The molecule has 36 heavy (non-hydrogen) atoms. The van der Waals surface area contributed by atoms with E-state index in [9.17, 15) is 9.59 Å². The number of rotatable bonds is 8. The van der Waals surface area contributed by atoms with Crippen LogP contribution in [0.4, 0.5) is 5.82 Å². The summed E-state index contributed by atoms with van der Waals surface area (Å²) in [6.45, 7) is 8.11. The molecule has 0 aromatic carbocycles. The zero-order chi connectivity index (χ0) is 25.1. The molecule has 11 heteroatoms. The van der Waals surface area contributed by atoms with Crippen LogP contribution in [-0.2, 0) is 14.3 Å². The Kier molecular flexibility index (Phi) is 8.02. The summed E-state index contributed by atoms with van der Waals surface area (Å²) < 4.78 is 13.1. The van der Waals surface area contributed by atoms with Gasteiger partial charge in [-0.1, -0.05) is 30.0 Å². The number of hydrogen-bond acceptors (Lipinski definition) is 9. The zero-order valence-corrected chi connectivity index (χ0v) is 22.0. The van der Waals surface area contributed by atoms with Gasteiger partial charge < -0.3 is 14.8 Å². The summed E-state index contributed by atoms with van der Waals surface area (Å²) in [7, 11) is 0. The van der Waals surface area contributed by atoms with Crippen molar-refractivity contribution in [1.82, 2.24) is 19.2 Å². The van der Waals surface area contributed by atoms with Crippen LogP contribution in [0.15, 0.2) is 28.0 Å². The van der Waals surface area contributed by atoms with E-state index < -0.39 is 0 Å². The molecule has 2 aromatic heterocycles. The zero-order valence-electron chi connectivity index (χ0n) is 20.4. The highest BCUT2D eigenvalue weighted by atomic mass is 32.2. The minimum absolute atomic E-state index is 0.00600. The summed E-state index contributed by atoms with van der Waals surface area (Å²) in [6, 6.07) is 3.76. The lowest BCUT2D eigenvalue weighted by Gasteiger charge is -2.26. The Morgan fingerprint density at radius 1 is 1.28 bits per heavy atom. The van der Waals surface area contributed by atoms with Crippen LogP contribution >= 0.6 is 24.0 Å². The molecule has 0 radical (unpaired) electrons. The summed E-state index contributed by atoms with van der Waals surface area (Å²) in [5.74, 6) is 0.299. The molecule has 1 atom stereocenters. The molecule has 0 aliphatic carbocycles. The van der Waals surface area contributed by atoms with Crippen molar-refractivity contribution in [3.05, 3.63) is 44.7 Å². The Morgan fingerprint density at radius 3 is 2.89 bits per heavy atom. The molecule has 1 unspecified atom stereocenters. The highest BCUT2D eigenvalue weighted by Crippen LogP contribution is 2.34. The Balaban J connectivity index is 1.40. The highest BCUT2D eigenvalue weighted by Gasteiger charge is 2.35. The highest BCUT2D eigenvalue weighted by molar-refractivity contribution is 8.26. The van der Waals surface area contributed by atoms with Crippen molar-refractivity contribution in [3.63, 3.8) is 0 Å². The van der Waals surface area contributed by atoms with Gasteiger partial charge in [0.15, 0.2) is 0 Å². The fourth-order valence-corrected chi connectivity index (χ4v) is 5.95. The smallest absolute Gasteiger partial charge is 0.267 e. The van der Waals surface area contributed by atoms with Crippen LogP contribution in [0.3, 0.4) is 0 Å². The monoisotopic (exact) mass is 529 g/mol. The van der Waals surface area contributed by atoms with Crippen molar-refractivity contribution >= 4 is 51.7 Å². The fourth-order valence-electron chi connectivity index (χ4n) is 4.69. The molecule has 3 fully saturated rings. The minimum Gasteiger partial charge on any atom is -0.379 e. The van der Waals surface area contributed by atoms with E-state index in [1.165, 1.54) is 16.2 Å². The molecular weight excluding hydrogens is 498 g/mol. The molecule has 2 aromatic rings. The summed E-state index contributed by atoms with van der Waals surface area (Å²) in [5.41, 5.74) is 1.65. The average Bonchev–Trinajstić information content (AvgIpc) is 3.49. The lowest BCUT2D eigenvalue weighted by atomic mass is 10.2. The number of nitrogens with zero attached hydrogens (tertiary/aromatic N) is 4. The van der Waals surface area contributed by atoms with Gasteiger partial charge in [0.25, 0.3) is 11.5 Å². The topological polar surface area (TPSA) is 88.4 Å². The van der Waals surface area contributed by atoms with Crippen molar-refractivity contribution < 1.29 is 14.3 Å². The van der Waals surface area contributed by atoms with Gasteiger partial charge in [-0.3, -0.25) is 23.8 Å². The first-order chi connectivity index (χ1) is 17.5. The van der Waals surface area contributed by atoms with Gasteiger partial charge >= 0.3 is 0 Å². The number of morpholine rings is 1. The molecule has 0 spiro atoms. The molecule has 1 N–H and O–H groups in total. The molecule has 0 bridgehead atoms. The van der Waals surface area contributed by atoms with E-state index in [0.29, 0.717) is 39.3 Å². The van der Waals surface area contributed by atoms with Crippen LogP contribution in [-0.4, -0.2) is 88.1 Å². The largest absolute Gasteiger partial charge is 0.379 e. The number of anilines is 1. The predicted octanol–water partition coefficient (Wildman–Crippen LogP) is 2.52. The Morgan fingerprint density at radius 2 is 2.11 bits per heavy atom. The quantitative estimate of drug-likeness (QED) is 0.315. The molecule has 5 rings (SSSR count). The Bertz CT molecular complexity index is 1230. The summed E-state index contributed by atoms with van der Waals surface area (Å²) in [6.07, 6.45) is 6.17. The third kappa shape index (κ3) is 5.50. The second-order valence-electron chi connectivity index (χ2n) is 9.23. The fraction of sp³-hybridized carbons (Fsp3) is 0.520. The van der Waals surface area contributed by atoms with Crippen molar-refractivity contribution in [2.75, 3.05) is 57.9 Å². The molecular formula is C25H31N5O4S2. The number of aromatic nitrogens is 2. The van der Waals surface area contributed by atoms with Crippen LogP contribution < -0.4 is 10.9 Å². The predicted molar refractivity (Wildman–Crippen MR) is 145 cm³/mol. The number of nitrogens with one attached hydrogen (secondary N) is 1. The number of pyridine rings is 1. The standard InChI is InChI=1S/C25H31N5O4S2/c1-17-5-2-9-29-22(17)27-21(26-7-4-8-28-10-13-33-14-11-28)19(23(29)31)15-20-24(32)30(25(35)36-20)16-18-6-3-12-34-18/h2,5,9,15,18,26H,3-4,6-8,10-14,16H2,1H3. The van der Waals surface area contributed by atoms with E-state index in [1.807, 2.05) is 19.1 Å². The number of fused-ring (bicyclic) bond motifs is 1. The van der Waals surface area contributed by atoms with Crippen LogP contribution in [0.5, 0.6) is 0 Å². The maximum Gasteiger partial charge on any atom is 0.267 e. The third-order valence-corrected chi connectivity index (χ3v) is 8.07. The number of hydrogen-bond donors (Lipinski definition) is 1. The number of carbonyl (C=O) groups is 1. The molecule has 5 heterocycles. The van der Waals surface area contributed by atoms with Gasteiger partial charge in [0.2, 0.25) is 0 Å². The van der Waals surface area contributed by atoms with Crippen molar-refractivity contribution in [2.45, 2.75) is 32.3 Å². The van der Waals surface area contributed by atoms with Gasteiger partial charge in [-0.25, -0.2) is 4.98 Å². The first-order valence-corrected chi connectivity index (χ1v) is 13.7. The maximum atomic E-state index is 13.5.